The van der Waals surface area contributed by atoms with Gasteiger partial charge in [-0.15, -0.1) is 12.4 Å². The summed E-state index contributed by atoms with van der Waals surface area (Å²) in [5, 5.41) is 21.2. The van der Waals surface area contributed by atoms with Crippen molar-refractivity contribution in [2.24, 2.45) is 0 Å². The Bertz CT molecular complexity index is 328. The minimum Gasteiger partial charge on any atom is -0.490 e. The van der Waals surface area contributed by atoms with E-state index in [-0.39, 0.29) is 18.5 Å². The Morgan fingerprint density at radius 3 is 2.24 bits per heavy atom. The van der Waals surface area contributed by atoms with Crippen LogP contribution in [0.15, 0.2) is 24.3 Å². The molecule has 0 unspecified atom stereocenters. The highest BCUT2D eigenvalue weighted by molar-refractivity contribution is 6.58. The molecular formula is C11H17BClNO3. The van der Waals surface area contributed by atoms with Gasteiger partial charge in [0.05, 0.1) is 0 Å². The van der Waals surface area contributed by atoms with Gasteiger partial charge < -0.3 is 20.1 Å². The molecule has 2 rings (SSSR count). The van der Waals surface area contributed by atoms with Gasteiger partial charge in [0.25, 0.3) is 0 Å². The molecule has 0 aromatic heterocycles. The Morgan fingerprint density at radius 1 is 1.12 bits per heavy atom. The van der Waals surface area contributed by atoms with Crippen molar-refractivity contribution in [3.05, 3.63) is 24.3 Å². The van der Waals surface area contributed by atoms with Crippen molar-refractivity contribution in [2.75, 3.05) is 13.1 Å². The Balaban J connectivity index is 0.00000144. The fourth-order valence-electron chi connectivity index (χ4n) is 1.82. The molecule has 0 spiro atoms. The molecule has 1 aromatic carbocycles. The van der Waals surface area contributed by atoms with E-state index in [1.807, 2.05) is 0 Å². The fourth-order valence-corrected chi connectivity index (χ4v) is 1.82. The number of piperidine rings is 1. The first-order valence-corrected chi connectivity index (χ1v) is 5.59. The molecule has 1 aliphatic heterocycles. The Labute approximate surface area is 108 Å². The summed E-state index contributed by atoms with van der Waals surface area (Å²) in [6.07, 6.45) is 2.31. The quantitative estimate of drug-likeness (QED) is 0.663. The predicted octanol–water partition coefficient (Wildman–Crippen LogP) is -0.0810. The first-order chi connectivity index (χ1) is 7.75. The molecule has 0 aliphatic carbocycles. The zero-order valence-electron chi connectivity index (χ0n) is 9.50. The summed E-state index contributed by atoms with van der Waals surface area (Å²) in [6.45, 7) is 2.00. The minimum absolute atomic E-state index is 0. The number of benzene rings is 1. The summed E-state index contributed by atoms with van der Waals surface area (Å²) in [5.74, 6) is 0.788. The fraction of sp³-hybridized carbons (Fsp3) is 0.455. The van der Waals surface area contributed by atoms with Gasteiger partial charge in [-0.05, 0) is 43.5 Å². The van der Waals surface area contributed by atoms with Crippen molar-refractivity contribution in [3.8, 4) is 5.75 Å². The van der Waals surface area contributed by atoms with Crippen LogP contribution < -0.4 is 15.5 Å². The molecule has 0 saturated carbocycles. The van der Waals surface area contributed by atoms with Crippen LogP contribution in [-0.2, 0) is 0 Å². The molecule has 0 bridgehead atoms. The Hall–Kier alpha value is -0.745. The molecule has 1 saturated heterocycles. The summed E-state index contributed by atoms with van der Waals surface area (Å²) in [6, 6.07) is 6.88. The maximum atomic E-state index is 8.94. The lowest BCUT2D eigenvalue weighted by molar-refractivity contribution is 0.162. The van der Waals surface area contributed by atoms with E-state index in [0.717, 1.165) is 31.7 Å². The van der Waals surface area contributed by atoms with E-state index in [1.165, 1.54) is 0 Å². The second kappa shape index (κ2) is 6.86. The summed E-state index contributed by atoms with van der Waals surface area (Å²) >= 11 is 0. The van der Waals surface area contributed by atoms with Crippen LogP contribution in [0.5, 0.6) is 5.75 Å². The van der Waals surface area contributed by atoms with Crippen LogP contribution in [0.2, 0.25) is 0 Å². The lowest BCUT2D eigenvalue weighted by Gasteiger charge is -2.23. The van der Waals surface area contributed by atoms with Gasteiger partial charge >= 0.3 is 7.12 Å². The van der Waals surface area contributed by atoms with Gasteiger partial charge in [0.1, 0.15) is 11.9 Å². The van der Waals surface area contributed by atoms with Crippen molar-refractivity contribution in [3.63, 3.8) is 0 Å². The monoisotopic (exact) mass is 257 g/mol. The highest BCUT2D eigenvalue weighted by Gasteiger charge is 2.15. The molecular weight excluding hydrogens is 240 g/mol. The normalized spacial score (nSPS) is 16.1. The molecule has 4 nitrogen and oxygen atoms in total. The molecule has 6 heteroatoms. The van der Waals surface area contributed by atoms with Crippen molar-refractivity contribution < 1.29 is 14.8 Å². The zero-order chi connectivity index (χ0) is 11.4. The Morgan fingerprint density at radius 2 is 1.71 bits per heavy atom. The summed E-state index contributed by atoms with van der Waals surface area (Å²) in [4.78, 5) is 0. The zero-order valence-corrected chi connectivity index (χ0v) is 10.3. The van der Waals surface area contributed by atoms with Crippen LogP contribution in [-0.4, -0.2) is 36.4 Å². The average Bonchev–Trinajstić information content (AvgIpc) is 2.31. The van der Waals surface area contributed by atoms with Crippen LogP contribution in [0.3, 0.4) is 0 Å². The van der Waals surface area contributed by atoms with Gasteiger partial charge in [-0.2, -0.15) is 0 Å². The SMILES string of the molecule is Cl.OB(O)c1ccc(OC2CCNCC2)cc1. The van der Waals surface area contributed by atoms with Crippen LogP contribution in [0.25, 0.3) is 0 Å². The van der Waals surface area contributed by atoms with Crippen molar-refractivity contribution in [1.82, 2.24) is 5.32 Å². The molecule has 3 N–H and O–H groups in total. The summed E-state index contributed by atoms with van der Waals surface area (Å²) < 4.78 is 5.79. The van der Waals surface area contributed by atoms with Gasteiger partial charge in [0, 0.05) is 0 Å². The number of nitrogens with one attached hydrogen (secondary N) is 1. The largest absolute Gasteiger partial charge is 0.490 e. The average molecular weight is 258 g/mol. The van der Waals surface area contributed by atoms with Crippen LogP contribution in [0, 0.1) is 0 Å². The molecule has 0 radical (unpaired) electrons. The van der Waals surface area contributed by atoms with Gasteiger partial charge in [0.15, 0.2) is 0 Å². The third-order valence-electron chi connectivity index (χ3n) is 2.77. The molecule has 94 valence electrons. The van der Waals surface area contributed by atoms with E-state index in [4.69, 9.17) is 14.8 Å². The Kier molecular flexibility index (Phi) is 5.78. The van der Waals surface area contributed by atoms with Crippen LogP contribution in [0.1, 0.15) is 12.8 Å². The van der Waals surface area contributed by atoms with Gasteiger partial charge in [-0.1, -0.05) is 12.1 Å². The molecule has 0 atom stereocenters. The van der Waals surface area contributed by atoms with E-state index in [9.17, 15) is 0 Å². The topological polar surface area (TPSA) is 61.7 Å². The maximum Gasteiger partial charge on any atom is 0.488 e. The standard InChI is InChI=1S/C11H16BNO3.ClH/c14-12(15)9-1-3-10(4-2-9)16-11-5-7-13-8-6-11;/h1-4,11,13-15H,5-8H2;1H. The molecule has 1 heterocycles. The minimum atomic E-state index is -1.41. The van der Waals surface area contributed by atoms with Crippen LogP contribution >= 0.6 is 12.4 Å². The van der Waals surface area contributed by atoms with Gasteiger partial charge in [-0.3, -0.25) is 0 Å². The van der Waals surface area contributed by atoms with Crippen molar-refractivity contribution in [1.29, 1.82) is 0 Å². The van der Waals surface area contributed by atoms with E-state index in [0.29, 0.717) is 5.46 Å². The predicted molar refractivity (Wildman–Crippen MR) is 70.0 cm³/mol. The number of hydrogen-bond acceptors (Lipinski definition) is 4. The second-order valence-electron chi connectivity index (χ2n) is 4.01. The smallest absolute Gasteiger partial charge is 0.488 e. The van der Waals surface area contributed by atoms with Crippen molar-refractivity contribution in [2.45, 2.75) is 18.9 Å². The van der Waals surface area contributed by atoms with E-state index < -0.39 is 7.12 Å². The van der Waals surface area contributed by atoms with E-state index in [2.05, 4.69) is 5.32 Å². The van der Waals surface area contributed by atoms with Gasteiger partial charge in [-0.25, -0.2) is 0 Å². The van der Waals surface area contributed by atoms with Crippen molar-refractivity contribution >= 4 is 25.0 Å². The summed E-state index contributed by atoms with van der Waals surface area (Å²) in [5.41, 5.74) is 0.484. The number of halogens is 1. The first kappa shape index (κ1) is 14.3. The second-order valence-corrected chi connectivity index (χ2v) is 4.01. The molecule has 1 fully saturated rings. The summed E-state index contributed by atoms with van der Waals surface area (Å²) in [7, 11) is -1.41. The van der Waals surface area contributed by atoms with Crippen LogP contribution in [0.4, 0.5) is 0 Å². The number of hydrogen-bond donors (Lipinski definition) is 3. The highest BCUT2D eigenvalue weighted by Crippen LogP contribution is 2.15. The number of ether oxygens (including phenoxy) is 1. The van der Waals surface area contributed by atoms with E-state index >= 15 is 0 Å². The first-order valence-electron chi connectivity index (χ1n) is 5.59. The van der Waals surface area contributed by atoms with Gasteiger partial charge in [0.2, 0.25) is 0 Å². The lowest BCUT2D eigenvalue weighted by Crippen LogP contribution is -2.34. The molecule has 17 heavy (non-hydrogen) atoms. The lowest BCUT2D eigenvalue weighted by atomic mass is 9.80. The molecule has 0 amide bonds. The maximum absolute atomic E-state index is 8.94. The number of rotatable bonds is 3. The molecule has 1 aliphatic rings. The van der Waals surface area contributed by atoms with E-state index in [1.54, 1.807) is 24.3 Å². The third kappa shape index (κ3) is 4.20. The highest BCUT2D eigenvalue weighted by atomic mass is 35.5. The molecule has 1 aromatic rings. The third-order valence-corrected chi connectivity index (χ3v) is 2.77.